The summed E-state index contributed by atoms with van der Waals surface area (Å²) >= 11 is 0. The van der Waals surface area contributed by atoms with Crippen molar-refractivity contribution in [1.82, 2.24) is 10.3 Å². The van der Waals surface area contributed by atoms with Crippen molar-refractivity contribution in [2.45, 2.75) is 39.0 Å². The number of rotatable bonds is 4. The van der Waals surface area contributed by atoms with Gasteiger partial charge in [0.15, 0.2) is 0 Å². The number of nitrogens with zero attached hydrogens (tertiary/aromatic N) is 2. The van der Waals surface area contributed by atoms with Crippen LogP contribution in [0.3, 0.4) is 0 Å². The van der Waals surface area contributed by atoms with Gasteiger partial charge in [-0.3, -0.25) is 4.79 Å². The topological polar surface area (TPSA) is 65.8 Å². The minimum Gasteiger partial charge on any atom is -0.350 e. The summed E-state index contributed by atoms with van der Waals surface area (Å²) in [4.78, 5) is 16.0. The van der Waals surface area contributed by atoms with Crippen LogP contribution >= 0.6 is 0 Å². The van der Waals surface area contributed by atoms with Crippen molar-refractivity contribution >= 4 is 5.91 Å². The second-order valence-electron chi connectivity index (χ2n) is 5.55. The van der Waals surface area contributed by atoms with Gasteiger partial charge in [0.2, 0.25) is 0 Å². The van der Waals surface area contributed by atoms with Crippen LogP contribution in [-0.2, 0) is 0 Å². The molecule has 1 aromatic rings. The quantitative estimate of drug-likeness (QED) is 0.915. The van der Waals surface area contributed by atoms with E-state index in [1.54, 1.807) is 12.1 Å². The standard InChI is InChI=1S/C16H21N3O/c1-2-12-3-5-13(6-4-12)10-19-16(20)15-8-7-14(9-17)11-18-15/h7-8,11-13H,2-6,10H2,1H3,(H,19,20). The third kappa shape index (κ3) is 3.80. The van der Waals surface area contributed by atoms with E-state index in [9.17, 15) is 4.79 Å². The van der Waals surface area contributed by atoms with Crippen molar-refractivity contribution in [3.8, 4) is 6.07 Å². The summed E-state index contributed by atoms with van der Waals surface area (Å²) in [6, 6.07) is 5.21. The maximum atomic E-state index is 12.0. The predicted molar refractivity (Wildman–Crippen MR) is 77.0 cm³/mol. The van der Waals surface area contributed by atoms with E-state index in [-0.39, 0.29) is 5.91 Å². The first-order chi connectivity index (χ1) is 9.72. The van der Waals surface area contributed by atoms with Crippen LogP contribution in [0.15, 0.2) is 18.3 Å². The molecular formula is C16H21N3O. The number of hydrogen-bond acceptors (Lipinski definition) is 3. The van der Waals surface area contributed by atoms with Crippen LogP contribution in [-0.4, -0.2) is 17.4 Å². The molecule has 2 rings (SSSR count). The lowest BCUT2D eigenvalue weighted by Crippen LogP contribution is -2.31. The number of nitrogens with one attached hydrogen (secondary N) is 1. The lowest BCUT2D eigenvalue weighted by molar-refractivity contribution is 0.0936. The van der Waals surface area contributed by atoms with Gasteiger partial charge in [-0.15, -0.1) is 0 Å². The van der Waals surface area contributed by atoms with E-state index in [1.165, 1.54) is 38.3 Å². The largest absolute Gasteiger partial charge is 0.350 e. The molecule has 1 aliphatic rings. The zero-order chi connectivity index (χ0) is 14.4. The van der Waals surface area contributed by atoms with Crippen LogP contribution in [0.1, 0.15) is 55.1 Å². The molecule has 0 bridgehead atoms. The van der Waals surface area contributed by atoms with Crippen LogP contribution in [0.4, 0.5) is 0 Å². The Balaban J connectivity index is 1.79. The van der Waals surface area contributed by atoms with E-state index in [4.69, 9.17) is 5.26 Å². The molecule has 20 heavy (non-hydrogen) atoms. The highest BCUT2D eigenvalue weighted by atomic mass is 16.1. The van der Waals surface area contributed by atoms with E-state index in [0.717, 1.165) is 12.5 Å². The molecule has 0 aliphatic heterocycles. The normalized spacial score (nSPS) is 22.0. The fraction of sp³-hybridized carbons (Fsp3) is 0.562. The first-order valence-corrected chi connectivity index (χ1v) is 7.37. The van der Waals surface area contributed by atoms with Crippen LogP contribution in [0.25, 0.3) is 0 Å². The number of amides is 1. The lowest BCUT2D eigenvalue weighted by atomic mass is 9.81. The third-order valence-electron chi connectivity index (χ3n) is 4.22. The molecule has 1 aromatic heterocycles. The van der Waals surface area contributed by atoms with Crippen LogP contribution in [0, 0.1) is 23.2 Å². The number of hydrogen-bond donors (Lipinski definition) is 1. The third-order valence-corrected chi connectivity index (χ3v) is 4.22. The molecule has 0 saturated heterocycles. The van der Waals surface area contributed by atoms with Gasteiger partial charge in [-0.2, -0.15) is 5.26 Å². The van der Waals surface area contributed by atoms with Crippen molar-refractivity contribution in [1.29, 1.82) is 5.26 Å². The Morgan fingerprint density at radius 2 is 2.05 bits per heavy atom. The Hall–Kier alpha value is -1.89. The van der Waals surface area contributed by atoms with Gasteiger partial charge in [0.05, 0.1) is 5.56 Å². The van der Waals surface area contributed by atoms with Crippen LogP contribution in [0.2, 0.25) is 0 Å². The van der Waals surface area contributed by atoms with Crippen LogP contribution in [0.5, 0.6) is 0 Å². The Morgan fingerprint density at radius 1 is 1.35 bits per heavy atom. The summed E-state index contributed by atoms with van der Waals surface area (Å²) in [5, 5.41) is 11.6. The fourth-order valence-electron chi connectivity index (χ4n) is 2.77. The Morgan fingerprint density at radius 3 is 2.60 bits per heavy atom. The molecule has 0 spiro atoms. The van der Waals surface area contributed by atoms with Gasteiger partial charge in [-0.05, 0) is 36.8 Å². The summed E-state index contributed by atoms with van der Waals surface area (Å²) < 4.78 is 0. The zero-order valence-electron chi connectivity index (χ0n) is 11.9. The SMILES string of the molecule is CCC1CCC(CNC(=O)c2ccc(C#N)cn2)CC1. The number of aromatic nitrogens is 1. The van der Waals surface area contributed by atoms with Gasteiger partial charge in [0.25, 0.3) is 5.91 Å². The smallest absolute Gasteiger partial charge is 0.269 e. The first kappa shape index (κ1) is 14.5. The van der Waals surface area contributed by atoms with Crippen molar-refractivity contribution in [2.75, 3.05) is 6.54 Å². The van der Waals surface area contributed by atoms with E-state index in [2.05, 4.69) is 17.2 Å². The van der Waals surface area contributed by atoms with Crippen molar-refractivity contribution in [2.24, 2.45) is 11.8 Å². The summed E-state index contributed by atoms with van der Waals surface area (Å²) in [7, 11) is 0. The van der Waals surface area contributed by atoms with Gasteiger partial charge in [0.1, 0.15) is 11.8 Å². The van der Waals surface area contributed by atoms with Gasteiger partial charge >= 0.3 is 0 Å². The maximum Gasteiger partial charge on any atom is 0.269 e. The van der Waals surface area contributed by atoms with Crippen molar-refractivity contribution in [3.05, 3.63) is 29.6 Å². The number of carbonyl (C=O) groups is 1. The Bertz CT molecular complexity index is 481. The van der Waals surface area contributed by atoms with Gasteiger partial charge < -0.3 is 5.32 Å². The number of carbonyl (C=O) groups excluding carboxylic acids is 1. The van der Waals surface area contributed by atoms with Gasteiger partial charge in [-0.1, -0.05) is 26.2 Å². The fourth-order valence-corrected chi connectivity index (χ4v) is 2.77. The summed E-state index contributed by atoms with van der Waals surface area (Å²) in [5.74, 6) is 1.33. The van der Waals surface area contributed by atoms with E-state index in [1.807, 2.05) is 6.07 Å². The Labute approximate surface area is 120 Å². The second-order valence-corrected chi connectivity index (χ2v) is 5.55. The molecular weight excluding hydrogens is 250 g/mol. The number of nitriles is 1. The van der Waals surface area contributed by atoms with E-state index < -0.39 is 0 Å². The second kappa shape index (κ2) is 7.04. The molecule has 1 saturated carbocycles. The molecule has 0 aromatic carbocycles. The van der Waals surface area contributed by atoms with Crippen LogP contribution < -0.4 is 5.32 Å². The summed E-state index contributed by atoms with van der Waals surface area (Å²) in [6.45, 7) is 2.99. The van der Waals surface area contributed by atoms with Crippen molar-refractivity contribution < 1.29 is 4.79 Å². The average Bonchev–Trinajstić information content (AvgIpc) is 2.53. The monoisotopic (exact) mass is 271 g/mol. The molecule has 1 N–H and O–H groups in total. The molecule has 4 nitrogen and oxygen atoms in total. The highest BCUT2D eigenvalue weighted by Crippen LogP contribution is 2.30. The molecule has 4 heteroatoms. The Kier molecular flexibility index (Phi) is 5.11. The van der Waals surface area contributed by atoms with Crippen molar-refractivity contribution in [3.63, 3.8) is 0 Å². The molecule has 1 aliphatic carbocycles. The molecule has 0 atom stereocenters. The summed E-state index contributed by atoms with van der Waals surface area (Å²) in [5.41, 5.74) is 0.852. The minimum atomic E-state index is -0.146. The molecule has 1 amide bonds. The molecule has 1 heterocycles. The highest BCUT2D eigenvalue weighted by molar-refractivity contribution is 5.92. The molecule has 0 unspecified atom stereocenters. The van der Waals surface area contributed by atoms with Gasteiger partial charge in [0, 0.05) is 12.7 Å². The van der Waals surface area contributed by atoms with E-state index in [0.29, 0.717) is 17.2 Å². The molecule has 0 radical (unpaired) electrons. The van der Waals surface area contributed by atoms with Gasteiger partial charge in [-0.25, -0.2) is 4.98 Å². The predicted octanol–water partition coefficient (Wildman–Crippen LogP) is 2.90. The molecule has 106 valence electrons. The minimum absolute atomic E-state index is 0.146. The molecule has 1 fully saturated rings. The maximum absolute atomic E-state index is 12.0. The lowest BCUT2D eigenvalue weighted by Gasteiger charge is -2.27. The highest BCUT2D eigenvalue weighted by Gasteiger charge is 2.20. The average molecular weight is 271 g/mol. The first-order valence-electron chi connectivity index (χ1n) is 7.37. The zero-order valence-corrected chi connectivity index (χ0v) is 11.9. The number of pyridine rings is 1. The summed E-state index contributed by atoms with van der Waals surface area (Å²) in [6.07, 6.45) is 7.69. The van der Waals surface area contributed by atoms with E-state index >= 15 is 0 Å².